The molecule has 2 aromatic rings. The monoisotopic (exact) mass is 325 g/mol. The Bertz CT molecular complexity index is 642. The highest BCUT2D eigenvalue weighted by atomic mass is 32.1. The maximum Gasteiger partial charge on any atom is 0.220 e. The van der Waals surface area contributed by atoms with Crippen LogP contribution in [0.4, 0.5) is 8.78 Å². The van der Waals surface area contributed by atoms with E-state index in [0.717, 1.165) is 17.0 Å². The second-order valence-corrected chi connectivity index (χ2v) is 6.22. The van der Waals surface area contributed by atoms with Crippen LogP contribution in [0.15, 0.2) is 35.7 Å². The lowest BCUT2D eigenvalue weighted by Gasteiger charge is -2.22. The van der Waals surface area contributed by atoms with Gasteiger partial charge in [-0.1, -0.05) is 12.1 Å². The van der Waals surface area contributed by atoms with E-state index < -0.39 is 17.2 Å². The summed E-state index contributed by atoms with van der Waals surface area (Å²) in [5, 5.41) is 14.8. The molecule has 1 atom stereocenters. The van der Waals surface area contributed by atoms with Crippen molar-refractivity contribution < 1.29 is 18.7 Å². The number of carbonyl (C=O) groups is 1. The van der Waals surface area contributed by atoms with Crippen molar-refractivity contribution in [1.29, 1.82) is 0 Å². The summed E-state index contributed by atoms with van der Waals surface area (Å²) in [4.78, 5) is 12.6. The summed E-state index contributed by atoms with van der Waals surface area (Å²) in [5.74, 6) is -2.07. The molecular formula is C16H17F2NO2S. The molecule has 3 nitrogen and oxygen atoms in total. The molecule has 118 valence electrons. The van der Waals surface area contributed by atoms with Crippen LogP contribution in [0.25, 0.3) is 0 Å². The van der Waals surface area contributed by atoms with Gasteiger partial charge in [0.2, 0.25) is 5.91 Å². The average Bonchev–Trinajstić information content (AvgIpc) is 3.01. The lowest BCUT2D eigenvalue weighted by molar-refractivity contribution is -0.122. The van der Waals surface area contributed by atoms with Gasteiger partial charge in [-0.15, -0.1) is 11.3 Å². The summed E-state index contributed by atoms with van der Waals surface area (Å²) in [7, 11) is 0. The minimum absolute atomic E-state index is 0.101. The number of rotatable bonds is 6. The molecule has 1 aromatic carbocycles. The van der Waals surface area contributed by atoms with E-state index in [-0.39, 0.29) is 18.9 Å². The highest BCUT2D eigenvalue weighted by molar-refractivity contribution is 7.10. The van der Waals surface area contributed by atoms with Gasteiger partial charge < -0.3 is 10.4 Å². The molecule has 1 unspecified atom stereocenters. The molecule has 0 radical (unpaired) electrons. The van der Waals surface area contributed by atoms with Crippen molar-refractivity contribution in [3.05, 3.63) is 57.8 Å². The molecule has 1 heterocycles. The van der Waals surface area contributed by atoms with Crippen LogP contribution in [0.1, 0.15) is 23.8 Å². The summed E-state index contributed by atoms with van der Waals surface area (Å²) in [6.07, 6.45) is 0.454. The Balaban J connectivity index is 1.82. The fourth-order valence-corrected chi connectivity index (χ4v) is 2.77. The van der Waals surface area contributed by atoms with Gasteiger partial charge in [-0.3, -0.25) is 4.79 Å². The summed E-state index contributed by atoms with van der Waals surface area (Å²) in [5.41, 5.74) is -0.565. The zero-order chi connectivity index (χ0) is 16.2. The molecule has 0 spiro atoms. The van der Waals surface area contributed by atoms with Gasteiger partial charge >= 0.3 is 0 Å². The van der Waals surface area contributed by atoms with Gasteiger partial charge in [0.25, 0.3) is 0 Å². The summed E-state index contributed by atoms with van der Waals surface area (Å²) < 4.78 is 25.9. The zero-order valence-electron chi connectivity index (χ0n) is 12.1. The number of amides is 1. The van der Waals surface area contributed by atoms with Crippen molar-refractivity contribution in [2.75, 3.05) is 6.54 Å². The average molecular weight is 325 g/mol. The predicted octanol–water partition coefficient (Wildman–Crippen LogP) is 2.98. The van der Waals surface area contributed by atoms with Crippen LogP contribution in [-0.2, 0) is 16.8 Å². The highest BCUT2D eigenvalue weighted by Gasteiger charge is 2.24. The fraction of sp³-hybridized carbons (Fsp3) is 0.312. The lowest BCUT2D eigenvalue weighted by Crippen LogP contribution is -2.38. The third-order valence-corrected chi connectivity index (χ3v) is 4.43. The van der Waals surface area contributed by atoms with Crippen LogP contribution >= 0.6 is 11.3 Å². The smallest absolute Gasteiger partial charge is 0.220 e. The summed E-state index contributed by atoms with van der Waals surface area (Å²) >= 11 is 1.42. The van der Waals surface area contributed by atoms with E-state index in [1.165, 1.54) is 17.4 Å². The molecule has 1 amide bonds. The second-order valence-electron chi connectivity index (χ2n) is 5.28. The maximum atomic E-state index is 13.1. The van der Waals surface area contributed by atoms with Crippen molar-refractivity contribution in [3.8, 4) is 0 Å². The van der Waals surface area contributed by atoms with Crippen LogP contribution in [0.3, 0.4) is 0 Å². The van der Waals surface area contributed by atoms with Gasteiger partial charge in [0, 0.05) is 11.3 Å². The van der Waals surface area contributed by atoms with Crippen molar-refractivity contribution in [3.63, 3.8) is 0 Å². The minimum Gasteiger partial charge on any atom is -0.383 e. The van der Waals surface area contributed by atoms with Gasteiger partial charge in [-0.25, -0.2) is 8.78 Å². The molecule has 2 rings (SSSR count). The van der Waals surface area contributed by atoms with E-state index in [4.69, 9.17) is 0 Å². The largest absolute Gasteiger partial charge is 0.383 e. The topological polar surface area (TPSA) is 49.3 Å². The number of nitrogens with one attached hydrogen (secondary N) is 1. The Labute approximate surface area is 131 Å². The Kier molecular flexibility index (Phi) is 5.26. The van der Waals surface area contributed by atoms with E-state index in [1.807, 2.05) is 11.4 Å². The van der Waals surface area contributed by atoms with E-state index >= 15 is 0 Å². The summed E-state index contributed by atoms with van der Waals surface area (Å²) in [6, 6.07) is 7.22. The number of thiophene rings is 1. The van der Waals surface area contributed by atoms with E-state index in [2.05, 4.69) is 5.32 Å². The number of benzene rings is 1. The number of hydrogen-bond donors (Lipinski definition) is 2. The molecule has 0 fully saturated rings. The number of aryl methyl sites for hydroxylation is 1. The zero-order valence-corrected chi connectivity index (χ0v) is 12.9. The molecular weight excluding hydrogens is 308 g/mol. The van der Waals surface area contributed by atoms with Crippen LogP contribution in [-0.4, -0.2) is 17.6 Å². The normalized spacial score (nSPS) is 13.6. The van der Waals surface area contributed by atoms with Gasteiger partial charge in [0.1, 0.15) is 5.60 Å². The Morgan fingerprint density at radius 1 is 1.32 bits per heavy atom. The first-order valence-electron chi connectivity index (χ1n) is 6.85. The van der Waals surface area contributed by atoms with Crippen LogP contribution in [0.5, 0.6) is 0 Å². The standard InChI is InChI=1S/C16H17F2NO2S/c1-16(21,14-3-2-8-22-14)10-19-15(20)7-5-11-4-6-12(17)13(18)9-11/h2-4,6,8-9,21H,5,7,10H2,1H3,(H,19,20). The van der Waals surface area contributed by atoms with Crippen molar-refractivity contribution >= 4 is 17.2 Å². The highest BCUT2D eigenvalue weighted by Crippen LogP contribution is 2.24. The molecule has 2 N–H and O–H groups in total. The molecule has 0 bridgehead atoms. The molecule has 0 aliphatic heterocycles. The van der Waals surface area contributed by atoms with Gasteiger partial charge in [-0.2, -0.15) is 0 Å². The Hall–Kier alpha value is -1.79. The predicted molar refractivity (Wildman–Crippen MR) is 81.6 cm³/mol. The minimum atomic E-state index is -1.12. The first kappa shape index (κ1) is 16.6. The SMILES string of the molecule is CC(O)(CNC(=O)CCc1ccc(F)c(F)c1)c1cccs1. The number of carbonyl (C=O) groups excluding carboxylic acids is 1. The van der Waals surface area contributed by atoms with Crippen molar-refractivity contribution in [2.45, 2.75) is 25.4 Å². The number of hydrogen-bond acceptors (Lipinski definition) is 3. The van der Waals surface area contributed by atoms with Crippen molar-refractivity contribution in [1.82, 2.24) is 5.32 Å². The van der Waals surface area contributed by atoms with Gasteiger partial charge in [0.05, 0.1) is 6.54 Å². The number of aliphatic hydroxyl groups is 1. The first-order valence-corrected chi connectivity index (χ1v) is 7.73. The quantitative estimate of drug-likeness (QED) is 0.858. The molecule has 0 saturated carbocycles. The molecule has 6 heteroatoms. The maximum absolute atomic E-state index is 13.1. The second kappa shape index (κ2) is 6.98. The van der Waals surface area contributed by atoms with Crippen LogP contribution < -0.4 is 5.32 Å². The molecule has 0 aliphatic rings. The van der Waals surface area contributed by atoms with Crippen LogP contribution in [0, 0.1) is 11.6 Å². The van der Waals surface area contributed by atoms with E-state index in [0.29, 0.717) is 12.0 Å². The van der Waals surface area contributed by atoms with Crippen molar-refractivity contribution in [2.24, 2.45) is 0 Å². The third-order valence-electron chi connectivity index (χ3n) is 3.31. The number of halogens is 2. The van der Waals surface area contributed by atoms with Gasteiger partial charge in [0.15, 0.2) is 11.6 Å². The molecule has 1 aromatic heterocycles. The molecule has 22 heavy (non-hydrogen) atoms. The molecule has 0 saturated heterocycles. The Morgan fingerprint density at radius 3 is 2.73 bits per heavy atom. The summed E-state index contributed by atoms with van der Waals surface area (Å²) in [6.45, 7) is 1.73. The first-order chi connectivity index (χ1) is 10.4. The lowest BCUT2D eigenvalue weighted by atomic mass is 10.0. The van der Waals surface area contributed by atoms with E-state index in [1.54, 1.807) is 13.0 Å². The fourth-order valence-electron chi connectivity index (χ4n) is 1.98. The third kappa shape index (κ3) is 4.35. The van der Waals surface area contributed by atoms with Gasteiger partial charge in [-0.05, 0) is 42.5 Å². The Morgan fingerprint density at radius 2 is 2.09 bits per heavy atom. The molecule has 0 aliphatic carbocycles. The van der Waals surface area contributed by atoms with E-state index in [9.17, 15) is 18.7 Å². The van der Waals surface area contributed by atoms with Crippen LogP contribution in [0.2, 0.25) is 0 Å².